The van der Waals surface area contributed by atoms with Gasteiger partial charge < -0.3 is 9.47 Å². The fraction of sp³-hybridized carbons (Fsp3) is 0.900. The van der Waals surface area contributed by atoms with Gasteiger partial charge in [0.2, 0.25) is 0 Å². The molecule has 0 N–H and O–H groups in total. The SMILES string of the molecule is COC[C@H]1CCCC[C@@H]1C(=O)OC. The number of carbonyl (C=O) groups excluding carboxylic acids is 1. The van der Waals surface area contributed by atoms with E-state index in [2.05, 4.69) is 0 Å². The molecule has 2 atom stereocenters. The molecule has 0 aromatic rings. The van der Waals surface area contributed by atoms with Gasteiger partial charge in [0, 0.05) is 13.7 Å². The quantitative estimate of drug-likeness (QED) is 0.628. The average Bonchev–Trinajstić information content (AvgIpc) is 2.18. The Morgan fingerprint density at radius 3 is 2.62 bits per heavy atom. The molecule has 13 heavy (non-hydrogen) atoms. The summed E-state index contributed by atoms with van der Waals surface area (Å²) in [6, 6.07) is 0. The zero-order valence-corrected chi connectivity index (χ0v) is 8.41. The molecule has 0 aromatic carbocycles. The van der Waals surface area contributed by atoms with Crippen molar-refractivity contribution < 1.29 is 14.3 Å². The molecule has 0 unspecified atom stereocenters. The summed E-state index contributed by atoms with van der Waals surface area (Å²) in [5.41, 5.74) is 0. The van der Waals surface area contributed by atoms with E-state index in [0.717, 1.165) is 19.3 Å². The van der Waals surface area contributed by atoms with E-state index in [-0.39, 0.29) is 11.9 Å². The van der Waals surface area contributed by atoms with Crippen LogP contribution in [-0.2, 0) is 14.3 Å². The molecule has 1 saturated carbocycles. The zero-order chi connectivity index (χ0) is 9.68. The Kier molecular flexibility index (Phi) is 4.22. The van der Waals surface area contributed by atoms with Gasteiger partial charge in [0.05, 0.1) is 13.0 Å². The Morgan fingerprint density at radius 2 is 2.00 bits per heavy atom. The Bertz CT molecular complexity index is 166. The van der Waals surface area contributed by atoms with Crippen LogP contribution in [0.4, 0.5) is 0 Å². The lowest BCUT2D eigenvalue weighted by molar-refractivity contribution is -0.149. The molecule has 1 aliphatic carbocycles. The first-order valence-corrected chi connectivity index (χ1v) is 4.86. The third-order valence-corrected chi connectivity index (χ3v) is 2.79. The summed E-state index contributed by atoms with van der Waals surface area (Å²) in [4.78, 5) is 11.4. The molecule has 0 spiro atoms. The Hall–Kier alpha value is -0.570. The van der Waals surface area contributed by atoms with E-state index in [9.17, 15) is 4.79 Å². The molecule has 0 saturated heterocycles. The number of hydrogen-bond donors (Lipinski definition) is 0. The lowest BCUT2D eigenvalue weighted by Gasteiger charge is -2.28. The summed E-state index contributed by atoms with van der Waals surface area (Å²) in [7, 11) is 3.14. The first-order valence-electron chi connectivity index (χ1n) is 4.86. The molecule has 76 valence electrons. The number of rotatable bonds is 3. The third-order valence-electron chi connectivity index (χ3n) is 2.79. The molecular formula is C10H18O3. The summed E-state index contributed by atoms with van der Waals surface area (Å²) in [5.74, 6) is 0.367. The van der Waals surface area contributed by atoms with Crippen LogP contribution in [0, 0.1) is 11.8 Å². The van der Waals surface area contributed by atoms with E-state index in [1.165, 1.54) is 13.5 Å². The summed E-state index contributed by atoms with van der Waals surface area (Å²) >= 11 is 0. The van der Waals surface area contributed by atoms with Gasteiger partial charge in [-0.3, -0.25) is 4.79 Å². The van der Waals surface area contributed by atoms with Crippen molar-refractivity contribution in [2.24, 2.45) is 11.8 Å². The van der Waals surface area contributed by atoms with Gasteiger partial charge in [-0.1, -0.05) is 12.8 Å². The van der Waals surface area contributed by atoms with Gasteiger partial charge in [0.15, 0.2) is 0 Å². The van der Waals surface area contributed by atoms with Gasteiger partial charge in [-0.2, -0.15) is 0 Å². The fourth-order valence-corrected chi connectivity index (χ4v) is 2.08. The maximum atomic E-state index is 11.4. The van der Waals surface area contributed by atoms with Crippen molar-refractivity contribution in [2.45, 2.75) is 25.7 Å². The normalized spacial score (nSPS) is 28.5. The van der Waals surface area contributed by atoms with Crippen LogP contribution in [0.1, 0.15) is 25.7 Å². The van der Waals surface area contributed by atoms with Crippen molar-refractivity contribution in [1.82, 2.24) is 0 Å². The lowest BCUT2D eigenvalue weighted by atomic mass is 9.80. The second-order valence-corrected chi connectivity index (χ2v) is 3.63. The molecule has 0 amide bonds. The van der Waals surface area contributed by atoms with Gasteiger partial charge in [-0.05, 0) is 18.8 Å². The molecule has 0 aromatic heterocycles. The number of carbonyl (C=O) groups is 1. The Labute approximate surface area is 79.4 Å². The lowest BCUT2D eigenvalue weighted by Crippen LogP contribution is -2.30. The molecule has 1 aliphatic rings. The number of esters is 1. The van der Waals surface area contributed by atoms with Gasteiger partial charge >= 0.3 is 5.97 Å². The van der Waals surface area contributed by atoms with Gasteiger partial charge in [0.1, 0.15) is 0 Å². The number of hydrogen-bond acceptors (Lipinski definition) is 3. The smallest absolute Gasteiger partial charge is 0.309 e. The third kappa shape index (κ3) is 2.69. The summed E-state index contributed by atoms with van der Waals surface area (Å²) in [5, 5.41) is 0. The molecular weight excluding hydrogens is 168 g/mol. The highest BCUT2D eigenvalue weighted by molar-refractivity contribution is 5.72. The minimum atomic E-state index is -0.0678. The van der Waals surface area contributed by atoms with Crippen LogP contribution in [0.5, 0.6) is 0 Å². The molecule has 0 heterocycles. The standard InChI is InChI=1S/C10H18O3/c1-12-7-8-5-3-4-6-9(8)10(11)13-2/h8-9H,3-7H2,1-2H3/t8-,9+/m1/s1. The van der Waals surface area contributed by atoms with Crippen LogP contribution in [-0.4, -0.2) is 26.8 Å². The summed E-state index contributed by atoms with van der Waals surface area (Å²) in [6.45, 7) is 0.680. The van der Waals surface area contributed by atoms with E-state index in [4.69, 9.17) is 9.47 Å². The van der Waals surface area contributed by atoms with Crippen LogP contribution in [0.25, 0.3) is 0 Å². The second kappa shape index (κ2) is 5.22. The van der Waals surface area contributed by atoms with Crippen molar-refractivity contribution in [1.29, 1.82) is 0 Å². The van der Waals surface area contributed by atoms with E-state index in [1.54, 1.807) is 7.11 Å². The van der Waals surface area contributed by atoms with Crippen molar-refractivity contribution >= 4 is 5.97 Å². The minimum Gasteiger partial charge on any atom is -0.469 e. The maximum Gasteiger partial charge on any atom is 0.309 e. The van der Waals surface area contributed by atoms with Crippen LogP contribution >= 0.6 is 0 Å². The molecule has 0 aliphatic heterocycles. The van der Waals surface area contributed by atoms with E-state index < -0.39 is 0 Å². The first kappa shape index (κ1) is 10.5. The summed E-state index contributed by atoms with van der Waals surface area (Å²) < 4.78 is 9.87. The van der Waals surface area contributed by atoms with Crippen molar-refractivity contribution in [3.05, 3.63) is 0 Å². The molecule has 0 bridgehead atoms. The van der Waals surface area contributed by atoms with Gasteiger partial charge in [-0.25, -0.2) is 0 Å². The van der Waals surface area contributed by atoms with Crippen molar-refractivity contribution in [2.75, 3.05) is 20.8 Å². The molecule has 3 nitrogen and oxygen atoms in total. The highest BCUT2D eigenvalue weighted by Gasteiger charge is 2.31. The number of ether oxygens (including phenoxy) is 2. The van der Waals surface area contributed by atoms with Gasteiger partial charge in [-0.15, -0.1) is 0 Å². The van der Waals surface area contributed by atoms with E-state index >= 15 is 0 Å². The van der Waals surface area contributed by atoms with Crippen LogP contribution in [0.2, 0.25) is 0 Å². The zero-order valence-electron chi connectivity index (χ0n) is 8.41. The molecule has 3 heteroatoms. The maximum absolute atomic E-state index is 11.4. The topological polar surface area (TPSA) is 35.5 Å². The molecule has 1 rings (SSSR count). The monoisotopic (exact) mass is 186 g/mol. The van der Waals surface area contributed by atoms with Crippen LogP contribution in [0.15, 0.2) is 0 Å². The summed E-state index contributed by atoms with van der Waals surface area (Å²) in [6.07, 6.45) is 4.40. The van der Waals surface area contributed by atoms with E-state index in [1.807, 2.05) is 0 Å². The Morgan fingerprint density at radius 1 is 1.31 bits per heavy atom. The van der Waals surface area contributed by atoms with Crippen molar-refractivity contribution in [3.63, 3.8) is 0 Å². The fourth-order valence-electron chi connectivity index (χ4n) is 2.08. The Balaban J connectivity index is 2.50. The van der Waals surface area contributed by atoms with E-state index in [0.29, 0.717) is 12.5 Å². The second-order valence-electron chi connectivity index (χ2n) is 3.63. The van der Waals surface area contributed by atoms with Gasteiger partial charge in [0.25, 0.3) is 0 Å². The largest absolute Gasteiger partial charge is 0.469 e. The first-order chi connectivity index (χ1) is 6.29. The van der Waals surface area contributed by atoms with Crippen LogP contribution in [0.3, 0.4) is 0 Å². The minimum absolute atomic E-state index is 0.0678. The number of methoxy groups -OCH3 is 2. The van der Waals surface area contributed by atoms with Crippen molar-refractivity contribution in [3.8, 4) is 0 Å². The predicted octanol–water partition coefficient (Wildman–Crippen LogP) is 1.61. The highest BCUT2D eigenvalue weighted by Crippen LogP contribution is 2.30. The molecule has 0 radical (unpaired) electrons. The molecule has 1 fully saturated rings. The van der Waals surface area contributed by atoms with Crippen LogP contribution < -0.4 is 0 Å². The average molecular weight is 186 g/mol. The predicted molar refractivity (Wildman–Crippen MR) is 49.3 cm³/mol. The highest BCUT2D eigenvalue weighted by atomic mass is 16.5.